The summed E-state index contributed by atoms with van der Waals surface area (Å²) in [6.07, 6.45) is 0. The van der Waals surface area contributed by atoms with Crippen LogP contribution in [0.2, 0.25) is 0 Å². The summed E-state index contributed by atoms with van der Waals surface area (Å²) in [5, 5.41) is 20.0. The van der Waals surface area contributed by atoms with Crippen LogP contribution in [0.3, 0.4) is 0 Å². The smallest absolute Gasteiger partial charge is 0.310 e. The van der Waals surface area contributed by atoms with Crippen LogP contribution < -0.4 is 4.90 Å². The van der Waals surface area contributed by atoms with E-state index in [0.717, 1.165) is 0 Å². The number of carboxylic acids is 1. The van der Waals surface area contributed by atoms with Crippen LogP contribution in [0.25, 0.3) is 0 Å². The van der Waals surface area contributed by atoms with E-state index in [2.05, 4.69) is 0 Å². The van der Waals surface area contributed by atoms with E-state index >= 15 is 0 Å². The highest BCUT2D eigenvalue weighted by atomic mass is 16.6. The molecule has 0 radical (unpaired) electrons. The molecule has 21 heavy (non-hydrogen) atoms. The number of carboxylic acid groups (broad SMARTS) is 1. The maximum atomic E-state index is 11.8. The Morgan fingerprint density at radius 2 is 2.00 bits per heavy atom. The lowest BCUT2D eigenvalue weighted by atomic mass is 9.98. The lowest BCUT2D eigenvalue weighted by Crippen LogP contribution is -2.50. The van der Waals surface area contributed by atoms with Crippen LogP contribution in [0.5, 0.6) is 0 Å². The maximum Gasteiger partial charge on any atom is 0.310 e. The van der Waals surface area contributed by atoms with Gasteiger partial charge in [0, 0.05) is 38.8 Å². The van der Waals surface area contributed by atoms with Crippen molar-refractivity contribution in [3.8, 4) is 0 Å². The van der Waals surface area contributed by atoms with E-state index in [1.54, 1.807) is 19.0 Å². The Kier molecular flexibility index (Phi) is 3.79. The van der Waals surface area contributed by atoms with Gasteiger partial charge >= 0.3 is 5.97 Å². The fraction of sp³-hybridized carbons (Fsp3) is 0.385. The van der Waals surface area contributed by atoms with Gasteiger partial charge in [-0.1, -0.05) is 0 Å². The summed E-state index contributed by atoms with van der Waals surface area (Å²) in [4.78, 5) is 36.2. The molecule has 0 aromatic heterocycles. The average molecular weight is 293 g/mol. The van der Waals surface area contributed by atoms with Crippen LogP contribution in [0.15, 0.2) is 18.2 Å². The van der Waals surface area contributed by atoms with Crippen molar-refractivity contribution in [1.29, 1.82) is 0 Å². The molecule has 1 N–H and O–H groups in total. The van der Waals surface area contributed by atoms with Gasteiger partial charge in [-0.05, 0) is 12.1 Å². The van der Waals surface area contributed by atoms with Gasteiger partial charge in [-0.3, -0.25) is 19.7 Å². The van der Waals surface area contributed by atoms with Gasteiger partial charge in [0.05, 0.1) is 10.8 Å². The SMILES string of the molecule is CN(C)C(=O)c1ccc(N2CC(C(=O)O)C2)c([N+](=O)[O-])c1. The largest absolute Gasteiger partial charge is 0.481 e. The number of nitro benzene ring substituents is 1. The van der Waals surface area contributed by atoms with E-state index in [4.69, 9.17) is 5.11 Å². The first-order valence-corrected chi connectivity index (χ1v) is 6.29. The van der Waals surface area contributed by atoms with Gasteiger partial charge in [-0.25, -0.2) is 0 Å². The molecule has 0 aliphatic carbocycles. The van der Waals surface area contributed by atoms with Crippen molar-refractivity contribution < 1.29 is 19.6 Å². The standard InChI is InChI=1S/C13H15N3O5/c1-14(2)12(17)8-3-4-10(11(5-8)16(20)21)15-6-9(7-15)13(18)19/h3-5,9H,6-7H2,1-2H3,(H,18,19). The minimum Gasteiger partial charge on any atom is -0.481 e. The summed E-state index contributed by atoms with van der Waals surface area (Å²) in [5.74, 6) is -1.74. The lowest BCUT2D eigenvalue weighted by Gasteiger charge is -2.38. The van der Waals surface area contributed by atoms with Crippen LogP contribution in [0.1, 0.15) is 10.4 Å². The topological polar surface area (TPSA) is 104 Å². The fourth-order valence-electron chi connectivity index (χ4n) is 2.16. The Balaban J connectivity index is 2.29. The molecular formula is C13H15N3O5. The molecule has 0 atom stereocenters. The summed E-state index contributed by atoms with van der Waals surface area (Å²) in [7, 11) is 3.13. The van der Waals surface area contributed by atoms with Crippen molar-refractivity contribution >= 4 is 23.3 Å². The Bertz CT molecular complexity index is 608. The van der Waals surface area contributed by atoms with Crippen molar-refractivity contribution in [3.05, 3.63) is 33.9 Å². The molecule has 1 aliphatic rings. The van der Waals surface area contributed by atoms with Gasteiger partial charge in [0.25, 0.3) is 11.6 Å². The van der Waals surface area contributed by atoms with Crippen LogP contribution in [0, 0.1) is 16.0 Å². The molecule has 1 fully saturated rings. The number of aliphatic carboxylic acids is 1. The molecule has 1 amide bonds. The monoisotopic (exact) mass is 293 g/mol. The summed E-state index contributed by atoms with van der Waals surface area (Å²) in [6, 6.07) is 4.23. The van der Waals surface area contributed by atoms with Gasteiger partial charge in [0.2, 0.25) is 0 Å². The second-order valence-corrected chi connectivity index (χ2v) is 5.10. The molecule has 8 nitrogen and oxygen atoms in total. The normalized spacial score (nSPS) is 14.5. The van der Waals surface area contributed by atoms with E-state index in [9.17, 15) is 19.7 Å². The second kappa shape index (κ2) is 5.39. The van der Waals surface area contributed by atoms with E-state index in [0.29, 0.717) is 5.69 Å². The Labute approximate surface area is 120 Å². The zero-order chi connectivity index (χ0) is 15.7. The molecule has 1 aromatic carbocycles. The van der Waals surface area contributed by atoms with Crippen molar-refractivity contribution in [2.75, 3.05) is 32.1 Å². The quantitative estimate of drug-likeness (QED) is 0.651. The van der Waals surface area contributed by atoms with Crippen LogP contribution in [0.4, 0.5) is 11.4 Å². The van der Waals surface area contributed by atoms with Gasteiger partial charge < -0.3 is 14.9 Å². The fourth-order valence-corrected chi connectivity index (χ4v) is 2.16. The molecule has 0 spiro atoms. The number of carbonyl (C=O) groups is 2. The third kappa shape index (κ3) is 2.78. The van der Waals surface area contributed by atoms with Crippen LogP contribution in [-0.4, -0.2) is 54.0 Å². The van der Waals surface area contributed by atoms with Gasteiger partial charge in [-0.2, -0.15) is 0 Å². The number of hydrogen-bond donors (Lipinski definition) is 1. The Hall–Kier alpha value is -2.64. The summed E-state index contributed by atoms with van der Waals surface area (Å²) < 4.78 is 0. The highest BCUT2D eigenvalue weighted by Crippen LogP contribution is 2.34. The minimum atomic E-state index is -0.909. The molecule has 8 heteroatoms. The average Bonchev–Trinajstić information content (AvgIpc) is 2.35. The molecule has 0 bridgehead atoms. The lowest BCUT2D eigenvalue weighted by molar-refractivity contribution is -0.384. The summed E-state index contributed by atoms with van der Waals surface area (Å²) in [5.41, 5.74) is 0.380. The second-order valence-electron chi connectivity index (χ2n) is 5.10. The first kappa shape index (κ1) is 14.8. The number of nitrogens with zero attached hydrogens (tertiary/aromatic N) is 3. The molecule has 0 unspecified atom stereocenters. The zero-order valence-corrected chi connectivity index (χ0v) is 11.6. The van der Waals surface area contributed by atoms with Crippen molar-refractivity contribution in [1.82, 2.24) is 4.90 Å². The van der Waals surface area contributed by atoms with Gasteiger partial charge in [0.15, 0.2) is 0 Å². The van der Waals surface area contributed by atoms with Crippen molar-refractivity contribution in [2.45, 2.75) is 0 Å². The number of nitro groups is 1. The number of benzene rings is 1. The van der Waals surface area contributed by atoms with Crippen molar-refractivity contribution in [3.63, 3.8) is 0 Å². The maximum absolute atomic E-state index is 11.8. The molecule has 1 heterocycles. The van der Waals surface area contributed by atoms with Crippen LogP contribution >= 0.6 is 0 Å². The molecule has 2 rings (SSSR count). The highest BCUT2D eigenvalue weighted by Gasteiger charge is 2.36. The number of hydrogen-bond acceptors (Lipinski definition) is 5. The minimum absolute atomic E-state index is 0.188. The first-order chi connectivity index (χ1) is 9.81. The van der Waals surface area contributed by atoms with Gasteiger partial charge in [0.1, 0.15) is 5.69 Å². The van der Waals surface area contributed by atoms with Crippen LogP contribution in [-0.2, 0) is 4.79 Å². The molecule has 112 valence electrons. The predicted octanol–water partition coefficient (Wildman–Crippen LogP) is 0.817. The van der Waals surface area contributed by atoms with Gasteiger partial charge in [-0.15, -0.1) is 0 Å². The zero-order valence-electron chi connectivity index (χ0n) is 11.6. The number of rotatable bonds is 4. The number of amides is 1. The van der Waals surface area contributed by atoms with E-state index in [1.165, 1.54) is 23.1 Å². The molecule has 1 aliphatic heterocycles. The first-order valence-electron chi connectivity index (χ1n) is 6.29. The Morgan fingerprint density at radius 3 is 2.48 bits per heavy atom. The predicted molar refractivity (Wildman–Crippen MR) is 74.5 cm³/mol. The van der Waals surface area contributed by atoms with E-state index < -0.39 is 16.8 Å². The van der Waals surface area contributed by atoms with E-state index in [1.807, 2.05) is 0 Å². The number of carbonyl (C=O) groups excluding carboxylic acids is 1. The molecule has 1 aromatic rings. The molecule has 0 saturated carbocycles. The number of anilines is 1. The molecular weight excluding hydrogens is 278 g/mol. The van der Waals surface area contributed by atoms with E-state index in [-0.39, 0.29) is 30.2 Å². The van der Waals surface area contributed by atoms with Crippen molar-refractivity contribution in [2.24, 2.45) is 5.92 Å². The third-order valence-corrected chi connectivity index (χ3v) is 3.40. The highest BCUT2D eigenvalue weighted by molar-refractivity contribution is 5.95. The summed E-state index contributed by atoms with van der Waals surface area (Å²) in [6.45, 7) is 0.467. The molecule has 1 saturated heterocycles. The third-order valence-electron chi connectivity index (χ3n) is 3.40. The summed E-state index contributed by atoms with van der Waals surface area (Å²) >= 11 is 0. The Morgan fingerprint density at radius 1 is 1.38 bits per heavy atom.